The number of rotatable bonds is 5. The van der Waals surface area contributed by atoms with Crippen molar-refractivity contribution in [2.24, 2.45) is 0 Å². The van der Waals surface area contributed by atoms with Gasteiger partial charge in [0, 0.05) is 11.8 Å². The van der Waals surface area contributed by atoms with Crippen LogP contribution in [0, 0.1) is 13.8 Å². The van der Waals surface area contributed by atoms with E-state index in [0.717, 1.165) is 22.8 Å². The molecule has 0 unspecified atom stereocenters. The summed E-state index contributed by atoms with van der Waals surface area (Å²) in [5, 5.41) is 2.76. The molecule has 26 heavy (non-hydrogen) atoms. The first-order valence-corrected chi connectivity index (χ1v) is 8.21. The van der Waals surface area contributed by atoms with Crippen molar-refractivity contribution in [2.45, 2.75) is 20.5 Å². The van der Waals surface area contributed by atoms with Gasteiger partial charge in [0.15, 0.2) is 5.76 Å². The molecule has 0 aliphatic heterocycles. The van der Waals surface area contributed by atoms with Crippen LogP contribution in [-0.4, -0.2) is 5.91 Å². The molecular formula is C21H19NO4. The molecule has 0 spiro atoms. The van der Waals surface area contributed by atoms with Crippen molar-refractivity contribution in [1.29, 1.82) is 0 Å². The zero-order valence-corrected chi connectivity index (χ0v) is 14.6. The molecule has 0 fully saturated rings. The standard InChI is InChI=1S/C21H19NO4/c1-14-8-9-15(2)17(10-14)22-21(24)19-11-18(23)20(13-26-19)25-12-16-6-4-3-5-7-16/h3-11,13H,12H2,1-2H3,(H,22,24). The maximum absolute atomic E-state index is 12.3. The number of carbonyl (C=O) groups is 1. The van der Waals surface area contributed by atoms with E-state index in [9.17, 15) is 9.59 Å². The molecule has 0 atom stereocenters. The van der Waals surface area contributed by atoms with Gasteiger partial charge in [0.2, 0.25) is 11.2 Å². The number of hydrogen-bond acceptors (Lipinski definition) is 4. The highest BCUT2D eigenvalue weighted by molar-refractivity contribution is 6.02. The Morgan fingerprint density at radius 1 is 1.08 bits per heavy atom. The zero-order chi connectivity index (χ0) is 18.5. The fourth-order valence-electron chi connectivity index (χ4n) is 2.41. The van der Waals surface area contributed by atoms with Gasteiger partial charge in [0.25, 0.3) is 5.91 Å². The van der Waals surface area contributed by atoms with E-state index in [0.29, 0.717) is 5.69 Å². The average Bonchev–Trinajstić information content (AvgIpc) is 2.64. The van der Waals surface area contributed by atoms with Crippen molar-refractivity contribution in [2.75, 3.05) is 5.32 Å². The van der Waals surface area contributed by atoms with Crippen molar-refractivity contribution in [3.8, 4) is 5.75 Å². The molecule has 1 N–H and O–H groups in total. The SMILES string of the molecule is Cc1ccc(C)c(NC(=O)c2cc(=O)c(OCc3ccccc3)co2)c1. The molecule has 0 radical (unpaired) electrons. The lowest BCUT2D eigenvalue weighted by molar-refractivity contribution is 0.0993. The summed E-state index contributed by atoms with van der Waals surface area (Å²) in [5.41, 5.74) is 3.16. The van der Waals surface area contributed by atoms with Gasteiger partial charge in [0.1, 0.15) is 12.9 Å². The Balaban J connectivity index is 1.71. The first-order chi connectivity index (χ1) is 12.5. The Labute approximate surface area is 151 Å². The van der Waals surface area contributed by atoms with Crippen LogP contribution in [0.2, 0.25) is 0 Å². The van der Waals surface area contributed by atoms with E-state index in [-0.39, 0.29) is 18.1 Å². The average molecular weight is 349 g/mol. The summed E-state index contributed by atoms with van der Waals surface area (Å²) in [5.74, 6) is -0.481. The molecule has 0 aliphatic carbocycles. The molecule has 1 aromatic heterocycles. The topological polar surface area (TPSA) is 68.5 Å². The molecule has 1 heterocycles. The van der Waals surface area contributed by atoms with Gasteiger partial charge in [-0.1, -0.05) is 42.5 Å². The summed E-state index contributed by atoms with van der Waals surface area (Å²) in [6.07, 6.45) is 1.17. The summed E-state index contributed by atoms with van der Waals surface area (Å²) < 4.78 is 10.8. The molecular weight excluding hydrogens is 330 g/mol. The molecule has 5 nitrogen and oxygen atoms in total. The van der Waals surface area contributed by atoms with E-state index in [1.807, 2.05) is 62.4 Å². The van der Waals surface area contributed by atoms with Gasteiger partial charge >= 0.3 is 0 Å². The van der Waals surface area contributed by atoms with E-state index in [1.54, 1.807) is 0 Å². The first kappa shape index (κ1) is 17.5. The third-order valence-corrected chi connectivity index (χ3v) is 3.90. The lowest BCUT2D eigenvalue weighted by atomic mass is 10.1. The monoisotopic (exact) mass is 349 g/mol. The Morgan fingerprint density at radius 3 is 2.58 bits per heavy atom. The van der Waals surface area contributed by atoms with Crippen LogP contribution in [0.4, 0.5) is 5.69 Å². The van der Waals surface area contributed by atoms with Gasteiger partial charge < -0.3 is 14.5 Å². The van der Waals surface area contributed by atoms with Crippen LogP contribution in [0.15, 0.2) is 70.1 Å². The second-order valence-corrected chi connectivity index (χ2v) is 6.02. The maximum Gasteiger partial charge on any atom is 0.291 e. The van der Waals surface area contributed by atoms with Crippen LogP contribution >= 0.6 is 0 Å². The first-order valence-electron chi connectivity index (χ1n) is 8.21. The van der Waals surface area contributed by atoms with Gasteiger partial charge in [0.05, 0.1) is 0 Å². The number of amides is 1. The minimum absolute atomic E-state index is 0.0667. The van der Waals surface area contributed by atoms with Crippen LogP contribution in [0.1, 0.15) is 27.2 Å². The number of benzene rings is 2. The summed E-state index contributed by atoms with van der Waals surface area (Å²) in [4.78, 5) is 24.5. The van der Waals surface area contributed by atoms with Gasteiger partial charge in [-0.05, 0) is 36.6 Å². The van der Waals surface area contributed by atoms with Crippen molar-refractivity contribution in [3.63, 3.8) is 0 Å². The molecule has 132 valence electrons. The Morgan fingerprint density at radius 2 is 1.85 bits per heavy atom. The van der Waals surface area contributed by atoms with Crippen molar-refractivity contribution < 1.29 is 13.9 Å². The number of ether oxygens (including phenoxy) is 1. The van der Waals surface area contributed by atoms with Gasteiger partial charge in [-0.25, -0.2) is 0 Å². The van der Waals surface area contributed by atoms with Crippen LogP contribution in [0.5, 0.6) is 5.75 Å². The third kappa shape index (κ3) is 4.19. The fraction of sp³-hybridized carbons (Fsp3) is 0.143. The Kier molecular flexibility index (Phi) is 5.17. The Hall–Kier alpha value is -3.34. The van der Waals surface area contributed by atoms with E-state index in [4.69, 9.17) is 9.15 Å². The molecule has 0 saturated heterocycles. The summed E-state index contributed by atoms with van der Waals surface area (Å²) in [7, 11) is 0. The fourth-order valence-corrected chi connectivity index (χ4v) is 2.41. The number of anilines is 1. The molecule has 0 saturated carbocycles. The maximum atomic E-state index is 12.3. The smallest absolute Gasteiger partial charge is 0.291 e. The highest BCUT2D eigenvalue weighted by Crippen LogP contribution is 2.18. The van der Waals surface area contributed by atoms with Gasteiger partial charge in [-0.3, -0.25) is 9.59 Å². The highest BCUT2D eigenvalue weighted by atomic mass is 16.5. The normalized spacial score (nSPS) is 10.4. The van der Waals surface area contributed by atoms with Gasteiger partial charge in [-0.2, -0.15) is 0 Å². The predicted molar refractivity (Wildman–Crippen MR) is 99.6 cm³/mol. The Bertz CT molecular complexity index is 977. The van der Waals surface area contributed by atoms with Crippen LogP contribution < -0.4 is 15.5 Å². The van der Waals surface area contributed by atoms with Crippen LogP contribution in [-0.2, 0) is 6.61 Å². The molecule has 0 aliphatic rings. The van der Waals surface area contributed by atoms with Crippen LogP contribution in [0.3, 0.4) is 0 Å². The van der Waals surface area contributed by atoms with E-state index >= 15 is 0 Å². The van der Waals surface area contributed by atoms with E-state index in [2.05, 4.69) is 5.32 Å². The molecule has 3 aromatic rings. The minimum atomic E-state index is -0.481. The lowest BCUT2D eigenvalue weighted by Crippen LogP contribution is -2.16. The molecule has 5 heteroatoms. The number of aryl methyl sites for hydroxylation is 2. The van der Waals surface area contributed by atoms with Crippen molar-refractivity contribution in [1.82, 2.24) is 0 Å². The minimum Gasteiger partial charge on any atom is -0.482 e. The lowest BCUT2D eigenvalue weighted by Gasteiger charge is -2.09. The number of carbonyl (C=O) groups excluding carboxylic acids is 1. The second kappa shape index (κ2) is 7.70. The predicted octanol–water partition coefficient (Wildman–Crippen LogP) is 4.09. The molecule has 2 aromatic carbocycles. The largest absolute Gasteiger partial charge is 0.482 e. The van der Waals surface area contributed by atoms with Crippen molar-refractivity contribution in [3.05, 3.63) is 93.5 Å². The summed E-state index contributed by atoms with van der Waals surface area (Å²) in [6.45, 7) is 4.08. The quantitative estimate of drug-likeness (QED) is 0.753. The molecule has 3 rings (SSSR count). The zero-order valence-electron chi connectivity index (χ0n) is 14.6. The van der Waals surface area contributed by atoms with E-state index < -0.39 is 11.3 Å². The second-order valence-electron chi connectivity index (χ2n) is 6.02. The summed E-state index contributed by atoms with van der Waals surface area (Å²) >= 11 is 0. The van der Waals surface area contributed by atoms with Crippen molar-refractivity contribution >= 4 is 11.6 Å². The summed E-state index contributed by atoms with van der Waals surface area (Å²) in [6, 6.07) is 16.4. The third-order valence-electron chi connectivity index (χ3n) is 3.90. The number of nitrogens with one attached hydrogen (secondary N) is 1. The van der Waals surface area contributed by atoms with Crippen LogP contribution in [0.25, 0.3) is 0 Å². The molecule has 1 amide bonds. The van der Waals surface area contributed by atoms with Gasteiger partial charge in [-0.15, -0.1) is 0 Å². The number of hydrogen-bond donors (Lipinski definition) is 1. The molecule has 0 bridgehead atoms. The highest BCUT2D eigenvalue weighted by Gasteiger charge is 2.13. The van der Waals surface area contributed by atoms with E-state index in [1.165, 1.54) is 6.26 Å².